The number of nitrogens with one attached hydrogen (secondary N) is 2. The molecule has 122 valence electrons. The number of hydrogen-bond acceptors (Lipinski definition) is 5. The zero-order valence-corrected chi connectivity index (χ0v) is 12.8. The van der Waals surface area contributed by atoms with Crippen molar-refractivity contribution in [3.05, 3.63) is 70.5 Å². The molecule has 8 heteroatoms. The third kappa shape index (κ3) is 3.67. The van der Waals surface area contributed by atoms with Crippen LogP contribution in [0.4, 0.5) is 5.82 Å². The number of amides is 1. The summed E-state index contributed by atoms with van der Waals surface area (Å²) >= 11 is 0. The minimum Gasteiger partial charge on any atom is -0.383 e. The van der Waals surface area contributed by atoms with Crippen molar-refractivity contribution in [2.45, 2.75) is 6.42 Å². The molecule has 24 heavy (non-hydrogen) atoms. The zero-order chi connectivity index (χ0) is 16.9. The molecule has 0 bridgehead atoms. The largest absolute Gasteiger partial charge is 0.383 e. The highest BCUT2D eigenvalue weighted by Gasteiger charge is 2.09. The third-order valence-corrected chi connectivity index (χ3v) is 3.32. The normalized spacial score (nSPS) is 10.5. The summed E-state index contributed by atoms with van der Waals surface area (Å²) in [4.78, 5) is 30.0. The van der Waals surface area contributed by atoms with Crippen LogP contribution in [0.2, 0.25) is 0 Å². The maximum atomic E-state index is 12.1. The molecule has 4 N–H and O–H groups in total. The van der Waals surface area contributed by atoms with Crippen molar-refractivity contribution in [3.63, 3.8) is 0 Å². The molecule has 0 aliphatic rings. The molecular formula is C16H16N6O2. The Bertz CT molecular complexity index is 900. The van der Waals surface area contributed by atoms with Crippen LogP contribution in [-0.2, 0) is 6.42 Å². The van der Waals surface area contributed by atoms with Gasteiger partial charge in [-0.1, -0.05) is 18.2 Å². The SMILES string of the molecule is Nc1cc(=O)[nH]c(CCNC(=O)c2cnn(-c3ccccc3)c2)n1. The maximum absolute atomic E-state index is 12.1. The maximum Gasteiger partial charge on any atom is 0.254 e. The van der Waals surface area contributed by atoms with Gasteiger partial charge in [0.2, 0.25) is 0 Å². The molecule has 0 saturated carbocycles. The molecule has 3 rings (SSSR count). The van der Waals surface area contributed by atoms with Gasteiger partial charge in [0, 0.05) is 25.2 Å². The molecule has 0 spiro atoms. The highest BCUT2D eigenvalue weighted by atomic mass is 16.1. The summed E-state index contributed by atoms with van der Waals surface area (Å²) in [5.74, 6) is 0.341. The molecule has 2 aromatic heterocycles. The Hall–Kier alpha value is -3.42. The number of para-hydroxylation sites is 1. The summed E-state index contributed by atoms with van der Waals surface area (Å²) in [5.41, 5.74) is 6.52. The number of hydrogen-bond donors (Lipinski definition) is 3. The number of rotatable bonds is 5. The van der Waals surface area contributed by atoms with Gasteiger partial charge in [-0.25, -0.2) is 9.67 Å². The van der Waals surface area contributed by atoms with E-state index in [1.807, 2.05) is 30.3 Å². The molecule has 1 amide bonds. The molecule has 0 atom stereocenters. The van der Waals surface area contributed by atoms with Crippen molar-refractivity contribution in [1.29, 1.82) is 0 Å². The number of H-pyrrole nitrogens is 1. The van der Waals surface area contributed by atoms with Crippen LogP contribution in [-0.4, -0.2) is 32.2 Å². The average molecular weight is 324 g/mol. The molecular weight excluding hydrogens is 308 g/mol. The predicted octanol–water partition coefficient (Wildman–Crippen LogP) is 0.510. The highest BCUT2D eigenvalue weighted by molar-refractivity contribution is 5.93. The third-order valence-electron chi connectivity index (χ3n) is 3.32. The van der Waals surface area contributed by atoms with Crippen molar-refractivity contribution in [3.8, 4) is 5.69 Å². The van der Waals surface area contributed by atoms with Gasteiger partial charge < -0.3 is 16.0 Å². The molecule has 1 aromatic carbocycles. The van der Waals surface area contributed by atoms with Gasteiger partial charge in [-0.2, -0.15) is 5.10 Å². The monoisotopic (exact) mass is 324 g/mol. The first-order chi connectivity index (χ1) is 11.6. The summed E-state index contributed by atoms with van der Waals surface area (Å²) in [5, 5.41) is 6.93. The van der Waals surface area contributed by atoms with E-state index in [0.717, 1.165) is 5.69 Å². The molecule has 0 aliphatic carbocycles. The first-order valence-corrected chi connectivity index (χ1v) is 7.36. The molecule has 3 aromatic rings. The zero-order valence-electron chi connectivity index (χ0n) is 12.8. The van der Waals surface area contributed by atoms with Gasteiger partial charge in [-0.15, -0.1) is 0 Å². The van der Waals surface area contributed by atoms with Gasteiger partial charge in [0.25, 0.3) is 11.5 Å². The van der Waals surface area contributed by atoms with E-state index in [2.05, 4.69) is 20.4 Å². The van der Waals surface area contributed by atoms with Crippen molar-refractivity contribution in [2.24, 2.45) is 0 Å². The van der Waals surface area contributed by atoms with E-state index in [1.54, 1.807) is 10.9 Å². The predicted molar refractivity (Wildman–Crippen MR) is 88.9 cm³/mol. The summed E-state index contributed by atoms with van der Waals surface area (Å²) in [7, 11) is 0. The van der Waals surface area contributed by atoms with Crippen LogP contribution < -0.4 is 16.6 Å². The van der Waals surface area contributed by atoms with E-state index in [0.29, 0.717) is 24.4 Å². The smallest absolute Gasteiger partial charge is 0.254 e. The Balaban J connectivity index is 1.59. The van der Waals surface area contributed by atoms with E-state index >= 15 is 0 Å². The van der Waals surface area contributed by atoms with Crippen molar-refractivity contribution < 1.29 is 4.79 Å². The number of nitrogens with zero attached hydrogens (tertiary/aromatic N) is 3. The van der Waals surface area contributed by atoms with E-state index in [9.17, 15) is 9.59 Å². The lowest BCUT2D eigenvalue weighted by atomic mass is 10.3. The average Bonchev–Trinajstić information content (AvgIpc) is 3.05. The second kappa shape index (κ2) is 6.78. The van der Waals surface area contributed by atoms with Crippen LogP contribution in [0, 0.1) is 0 Å². The molecule has 0 unspecified atom stereocenters. The number of benzene rings is 1. The van der Waals surface area contributed by atoms with Crippen LogP contribution >= 0.6 is 0 Å². The number of carbonyl (C=O) groups is 1. The Kier molecular flexibility index (Phi) is 4.37. The first kappa shape index (κ1) is 15.5. The van der Waals surface area contributed by atoms with E-state index in [-0.39, 0.29) is 17.3 Å². The van der Waals surface area contributed by atoms with E-state index < -0.39 is 0 Å². The Morgan fingerprint density at radius 2 is 2.08 bits per heavy atom. The molecule has 0 fully saturated rings. The Morgan fingerprint density at radius 1 is 1.29 bits per heavy atom. The number of nitrogens with two attached hydrogens (primary N) is 1. The van der Waals surface area contributed by atoms with Crippen LogP contribution in [0.15, 0.2) is 53.6 Å². The molecule has 8 nitrogen and oxygen atoms in total. The van der Waals surface area contributed by atoms with Crippen LogP contribution in [0.5, 0.6) is 0 Å². The minimum absolute atomic E-state index is 0.157. The van der Waals surface area contributed by atoms with Crippen LogP contribution in [0.1, 0.15) is 16.2 Å². The summed E-state index contributed by atoms with van der Waals surface area (Å²) in [6, 6.07) is 10.7. The number of carbonyl (C=O) groups excluding carboxylic acids is 1. The molecule has 0 radical (unpaired) electrons. The van der Waals surface area contributed by atoms with Gasteiger partial charge in [-0.3, -0.25) is 9.59 Å². The second-order valence-electron chi connectivity index (χ2n) is 5.13. The lowest BCUT2D eigenvalue weighted by Crippen LogP contribution is -2.26. The van der Waals surface area contributed by atoms with Crippen LogP contribution in [0.25, 0.3) is 5.69 Å². The minimum atomic E-state index is -0.312. The van der Waals surface area contributed by atoms with Gasteiger partial charge in [0.1, 0.15) is 11.6 Å². The number of anilines is 1. The molecule has 2 heterocycles. The number of aromatic amines is 1. The standard InChI is InChI=1S/C16H16N6O2/c17-13-8-15(23)21-14(20-13)6-7-18-16(24)11-9-19-22(10-11)12-4-2-1-3-5-12/h1-5,8-10H,6-7H2,(H,18,24)(H3,17,20,21,23). The van der Waals surface area contributed by atoms with E-state index in [1.165, 1.54) is 12.3 Å². The lowest BCUT2D eigenvalue weighted by Gasteiger charge is -2.04. The van der Waals surface area contributed by atoms with Gasteiger partial charge >= 0.3 is 0 Å². The van der Waals surface area contributed by atoms with Gasteiger partial charge in [-0.05, 0) is 12.1 Å². The number of aromatic nitrogens is 4. The Morgan fingerprint density at radius 3 is 2.83 bits per heavy atom. The van der Waals surface area contributed by atoms with Crippen molar-refractivity contribution >= 4 is 11.7 Å². The molecule has 0 saturated heterocycles. The number of nitrogen functional groups attached to an aromatic ring is 1. The summed E-state index contributed by atoms with van der Waals surface area (Å²) < 4.78 is 1.63. The van der Waals surface area contributed by atoms with Gasteiger partial charge in [0.15, 0.2) is 0 Å². The molecule has 0 aliphatic heterocycles. The Labute approximate surface area is 137 Å². The van der Waals surface area contributed by atoms with E-state index in [4.69, 9.17) is 5.73 Å². The highest BCUT2D eigenvalue weighted by Crippen LogP contribution is 2.07. The fraction of sp³-hybridized carbons (Fsp3) is 0.125. The van der Waals surface area contributed by atoms with Crippen molar-refractivity contribution in [1.82, 2.24) is 25.1 Å². The second-order valence-corrected chi connectivity index (χ2v) is 5.13. The summed E-state index contributed by atoms with van der Waals surface area (Å²) in [6.07, 6.45) is 3.53. The van der Waals surface area contributed by atoms with Gasteiger partial charge in [0.05, 0.1) is 17.4 Å². The fourth-order valence-electron chi connectivity index (χ4n) is 2.21. The first-order valence-electron chi connectivity index (χ1n) is 7.36. The summed E-state index contributed by atoms with van der Waals surface area (Å²) in [6.45, 7) is 0.321. The lowest BCUT2D eigenvalue weighted by molar-refractivity contribution is 0.0954. The van der Waals surface area contributed by atoms with Crippen molar-refractivity contribution in [2.75, 3.05) is 12.3 Å². The fourth-order valence-corrected chi connectivity index (χ4v) is 2.21. The topological polar surface area (TPSA) is 119 Å². The quantitative estimate of drug-likeness (QED) is 0.632. The van der Waals surface area contributed by atoms with Crippen LogP contribution in [0.3, 0.4) is 0 Å².